The van der Waals surface area contributed by atoms with Gasteiger partial charge < -0.3 is 0 Å². The van der Waals surface area contributed by atoms with Crippen molar-refractivity contribution in [1.82, 2.24) is 14.8 Å². The first-order valence-corrected chi connectivity index (χ1v) is 9.09. The van der Waals surface area contributed by atoms with Crippen LogP contribution in [-0.4, -0.2) is 14.8 Å². The first-order valence-electron chi connectivity index (χ1n) is 8.33. The molecule has 1 atom stereocenters. The highest BCUT2D eigenvalue weighted by Gasteiger charge is 2.33. The van der Waals surface area contributed by atoms with E-state index in [4.69, 9.17) is 28.5 Å². The maximum Gasteiger partial charge on any atom is 0.349 e. The standard InChI is InChI=1S/C20H13Cl2N5O2/c1-11-7-14(27-19(29)25-18(28)16(9-23)26-27)8-15(22)17(11)20(2,10-24)12-3-5-13(21)6-4-12/h3-8H,1-2H3,(H,25,28,29). The van der Waals surface area contributed by atoms with E-state index >= 15 is 0 Å². The number of H-pyrrole nitrogens is 1. The van der Waals surface area contributed by atoms with Crippen LogP contribution in [0, 0.1) is 29.6 Å². The molecular weight excluding hydrogens is 413 g/mol. The molecule has 0 saturated carbocycles. The summed E-state index contributed by atoms with van der Waals surface area (Å²) in [6, 6.07) is 13.9. The Kier molecular flexibility index (Phi) is 5.30. The van der Waals surface area contributed by atoms with E-state index < -0.39 is 22.4 Å². The molecule has 0 aliphatic heterocycles. The SMILES string of the molecule is Cc1cc(-n2nc(C#N)c(=O)[nH]c2=O)cc(Cl)c1C(C)(C#N)c1ccc(Cl)cc1. The number of aromatic amines is 1. The lowest BCUT2D eigenvalue weighted by molar-refractivity contribution is 0.722. The minimum absolute atomic E-state index is 0.234. The lowest BCUT2D eigenvalue weighted by Gasteiger charge is -2.26. The molecule has 29 heavy (non-hydrogen) atoms. The zero-order valence-electron chi connectivity index (χ0n) is 15.3. The highest BCUT2D eigenvalue weighted by Crippen LogP contribution is 2.39. The molecule has 0 aliphatic carbocycles. The maximum absolute atomic E-state index is 12.2. The van der Waals surface area contributed by atoms with Gasteiger partial charge in [-0.3, -0.25) is 9.78 Å². The number of aryl methyl sites for hydroxylation is 1. The average molecular weight is 426 g/mol. The van der Waals surface area contributed by atoms with Crippen molar-refractivity contribution in [2.24, 2.45) is 0 Å². The van der Waals surface area contributed by atoms with Crippen LogP contribution in [0.15, 0.2) is 46.0 Å². The fraction of sp³-hybridized carbons (Fsp3) is 0.150. The van der Waals surface area contributed by atoms with Gasteiger partial charge in [-0.15, -0.1) is 5.10 Å². The zero-order valence-corrected chi connectivity index (χ0v) is 16.8. The Labute approximate surface area is 175 Å². The van der Waals surface area contributed by atoms with Crippen LogP contribution in [0.1, 0.15) is 29.3 Å². The molecule has 1 N–H and O–H groups in total. The molecule has 144 valence electrons. The number of rotatable bonds is 3. The van der Waals surface area contributed by atoms with E-state index in [9.17, 15) is 14.9 Å². The third kappa shape index (κ3) is 3.54. The summed E-state index contributed by atoms with van der Waals surface area (Å²) >= 11 is 12.5. The largest absolute Gasteiger partial charge is 0.349 e. The lowest BCUT2D eigenvalue weighted by Crippen LogP contribution is -2.33. The third-order valence-corrected chi connectivity index (χ3v) is 5.15. The Hall–Kier alpha value is -3.39. The minimum Gasteiger partial charge on any atom is -0.270 e. The van der Waals surface area contributed by atoms with E-state index in [0.29, 0.717) is 21.7 Å². The van der Waals surface area contributed by atoms with E-state index in [-0.39, 0.29) is 10.7 Å². The summed E-state index contributed by atoms with van der Waals surface area (Å²) in [5.41, 5.74) is -1.06. The van der Waals surface area contributed by atoms with Gasteiger partial charge in [-0.05, 0) is 54.8 Å². The molecule has 0 saturated heterocycles. The molecule has 0 amide bonds. The quantitative estimate of drug-likeness (QED) is 0.691. The van der Waals surface area contributed by atoms with Gasteiger partial charge in [-0.1, -0.05) is 35.3 Å². The van der Waals surface area contributed by atoms with Gasteiger partial charge in [0.15, 0.2) is 0 Å². The molecule has 0 spiro atoms. The summed E-state index contributed by atoms with van der Waals surface area (Å²) in [4.78, 5) is 25.8. The van der Waals surface area contributed by atoms with Crippen molar-refractivity contribution in [3.05, 3.63) is 89.7 Å². The maximum atomic E-state index is 12.2. The molecule has 0 radical (unpaired) electrons. The molecular formula is C20H13Cl2N5O2. The predicted octanol–water partition coefficient (Wildman–Crippen LogP) is 3.24. The second-order valence-corrected chi connectivity index (χ2v) is 7.34. The molecule has 1 aromatic heterocycles. The normalized spacial score (nSPS) is 12.6. The molecule has 3 rings (SSSR count). The van der Waals surface area contributed by atoms with Crippen molar-refractivity contribution in [1.29, 1.82) is 10.5 Å². The van der Waals surface area contributed by atoms with E-state index in [1.807, 2.05) is 4.98 Å². The fourth-order valence-electron chi connectivity index (χ4n) is 3.18. The topological polar surface area (TPSA) is 115 Å². The van der Waals surface area contributed by atoms with Crippen LogP contribution in [0.3, 0.4) is 0 Å². The molecule has 2 aromatic carbocycles. The number of nitrogens with zero attached hydrogens (tertiary/aromatic N) is 4. The number of halogens is 2. The molecule has 3 aromatic rings. The van der Waals surface area contributed by atoms with Crippen LogP contribution in [0.2, 0.25) is 10.0 Å². The number of aromatic nitrogens is 3. The van der Waals surface area contributed by atoms with E-state index in [1.165, 1.54) is 6.07 Å². The number of hydrogen-bond donors (Lipinski definition) is 1. The van der Waals surface area contributed by atoms with E-state index in [2.05, 4.69) is 11.2 Å². The summed E-state index contributed by atoms with van der Waals surface area (Å²) in [7, 11) is 0. The van der Waals surface area contributed by atoms with Crippen molar-refractivity contribution >= 4 is 23.2 Å². The molecule has 7 nitrogen and oxygen atoms in total. The second kappa shape index (κ2) is 7.56. The fourth-order valence-corrected chi connectivity index (χ4v) is 3.75. The monoisotopic (exact) mass is 425 g/mol. The zero-order chi connectivity index (χ0) is 21.3. The molecule has 9 heteroatoms. The van der Waals surface area contributed by atoms with Gasteiger partial charge >= 0.3 is 5.69 Å². The van der Waals surface area contributed by atoms with E-state index in [1.54, 1.807) is 50.2 Å². The number of nitriles is 2. The Morgan fingerprint density at radius 1 is 1.14 bits per heavy atom. The first kappa shape index (κ1) is 20.3. The smallest absolute Gasteiger partial charge is 0.270 e. The summed E-state index contributed by atoms with van der Waals surface area (Å²) in [6.07, 6.45) is 0. The van der Waals surface area contributed by atoms with Gasteiger partial charge in [0.2, 0.25) is 5.69 Å². The molecule has 0 aliphatic rings. The van der Waals surface area contributed by atoms with Gasteiger partial charge in [-0.25, -0.2) is 4.79 Å². The molecule has 1 heterocycles. The van der Waals surface area contributed by atoms with Gasteiger partial charge in [0.25, 0.3) is 5.56 Å². The Balaban J connectivity index is 2.23. The van der Waals surface area contributed by atoms with Crippen molar-refractivity contribution in [2.45, 2.75) is 19.3 Å². The summed E-state index contributed by atoms with van der Waals surface area (Å²) in [5.74, 6) is 0. The minimum atomic E-state index is -1.08. The highest BCUT2D eigenvalue weighted by molar-refractivity contribution is 6.32. The van der Waals surface area contributed by atoms with E-state index in [0.717, 1.165) is 4.68 Å². The third-order valence-electron chi connectivity index (χ3n) is 4.60. The van der Waals surface area contributed by atoms with Crippen LogP contribution >= 0.6 is 23.2 Å². The highest BCUT2D eigenvalue weighted by atomic mass is 35.5. The molecule has 1 unspecified atom stereocenters. The molecule has 0 bridgehead atoms. The van der Waals surface area contributed by atoms with Gasteiger partial charge in [-0.2, -0.15) is 15.2 Å². The Morgan fingerprint density at radius 3 is 2.34 bits per heavy atom. The van der Waals surface area contributed by atoms with Crippen molar-refractivity contribution in [3.63, 3.8) is 0 Å². The summed E-state index contributed by atoms with van der Waals surface area (Å²) in [6.45, 7) is 3.49. The van der Waals surface area contributed by atoms with Crippen molar-refractivity contribution < 1.29 is 0 Å². The van der Waals surface area contributed by atoms with Crippen LogP contribution in [0.25, 0.3) is 5.69 Å². The summed E-state index contributed by atoms with van der Waals surface area (Å²) in [5, 5.41) is 23.5. The van der Waals surface area contributed by atoms with Gasteiger partial charge in [0.1, 0.15) is 11.5 Å². The lowest BCUT2D eigenvalue weighted by atomic mass is 9.75. The first-order chi connectivity index (χ1) is 13.7. The van der Waals surface area contributed by atoms with Gasteiger partial charge in [0.05, 0.1) is 11.8 Å². The predicted molar refractivity (Wildman–Crippen MR) is 108 cm³/mol. The Morgan fingerprint density at radius 2 is 1.79 bits per heavy atom. The average Bonchev–Trinajstić information content (AvgIpc) is 2.67. The van der Waals surface area contributed by atoms with Crippen LogP contribution in [-0.2, 0) is 5.41 Å². The van der Waals surface area contributed by atoms with Crippen LogP contribution < -0.4 is 11.2 Å². The summed E-state index contributed by atoms with van der Waals surface area (Å²) < 4.78 is 0.884. The molecule has 0 fully saturated rings. The number of benzene rings is 2. The number of hydrogen-bond acceptors (Lipinski definition) is 5. The van der Waals surface area contributed by atoms with Crippen molar-refractivity contribution in [2.75, 3.05) is 0 Å². The van der Waals surface area contributed by atoms with Gasteiger partial charge in [0, 0.05) is 10.0 Å². The Bertz CT molecular complexity index is 1290. The van der Waals surface area contributed by atoms with Crippen molar-refractivity contribution in [3.8, 4) is 17.8 Å². The van der Waals surface area contributed by atoms with Crippen LogP contribution in [0.4, 0.5) is 0 Å². The second-order valence-electron chi connectivity index (χ2n) is 6.49. The number of nitrogens with one attached hydrogen (secondary N) is 1. The van der Waals surface area contributed by atoms with Crippen LogP contribution in [0.5, 0.6) is 0 Å².